The first-order valence-electron chi connectivity index (χ1n) is 5.81. The van der Waals surface area contributed by atoms with Gasteiger partial charge >= 0.3 is 0 Å². The molecule has 2 unspecified atom stereocenters. The van der Waals surface area contributed by atoms with Gasteiger partial charge in [-0.3, -0.25) is 14.9 Å². The first-order chi connectivity index (χ1) is 8.99. The van der Waals surface area contributed by atoms with Gasteiger partial charge in [-0.25, -0.2) is 4.98 Å². The quantitative estimate of drug-likeness (QED) is 0.606. The van der Waals surface area contributed by atoms with Crippen molar-refractivity contribution in [1.82, 2.24) is 10.3 Å². The third kappa shape index (κ3) is 2.79. The number of amides is 1. The van der Waals surface area contributed by atoms with E-state index in [2.05, 4.69) is 10.3 Å². The number of ether oxygens (including phenoxy) is 1. The number of nitrogen functional groups attached to an aromatic ring is 1. The normalized spacial score (nSPS) is 22.2. The van der Waals surface area contributed by atoms with Crippen molar-refractivity contribution in [3.63, 3.8) is 0 Å². The Bertz CT molecular complexity index is 519. The highest BCUT2D eigenvalue weighted by Crippen LogP contribution is 2.18. The molecule has 1 aromatic heterocycles. The van der Waals surface area contributed by atoms with Crippen LogP contribution in [0.4, 0.5) is 11.5 Å². The van der Waals surface area contributed by atoms with Gasteiger partial charge in [0.25, 0.3) is 11.6 Å². The summed E-state index contributed by atoms with van der Waals surface area (Å²) < 4.78 is 5.32. The number of nitrogens with zero attached hydrogens (tertiary/aromatic N) is 2. The van der Waals surface area contributed by atoms with E-state index < -0.39 is 10.8 Å². The van der Waals surface area contributed by atoms with Crippen LogP contribution < -0.4 is 11.1 Å². The molecule has 2 heterocycles. The van der Waals surface area contributed by atoms with Gasteiger partial charge in [0.1, 0.15) is 12.0 Å². The van der Waals surface area contributed by atoms with Crippen LogP contribution in [0.25, 0.3) is 0 Å². The highest BCUT2D eigenvalue weighted by Gasteiger charge is 2.27. The zero-order valence-electron chi connectivity index (χ0n) is 10.3. The van der Waals surface area contributed by atoms with Gasteiger partial charge in [-0.15, -0.1) is 0 Å². The molecule has 1 saturated heterocycles. The second-order valence-electron chi connectivity index (χ2n) is 4.33. The summed E-state index contributed by atoms with van der Waals surface area (Å²) in [4.78, 5) is 25.7. The Morgan fingerprint density at radius 3 is 3.00 bits per heavy atom. The number of nitro groups is 1. The molecule has 2 rings (SSSR count). The molecule has 102 valence electrons. The molecule has 0 radical (unpaired) electrons. The van der Waals surface area contributed by atoms with Gasteiger partial charge in [-0.1, -0.05) is 0 Å². The Morgan fingerprint density at radius 2 is 2.42 bits per heavy atom. The van der Waals surface area contributed by atoms with Crippen LogP contribution in [0.15, 0.2) is 12.3 Å². The standard InChI is InChI=1S/C11H14N4O4/c1-6-9(2-3-19-6)14-11(16)8-4-7(15(17)18)5-13-10(8)12/h4-6,9H,2-3H2,1H3,(H2,12,13)(H,14,16). The van der Waals surface area contributed by atoms with E-state index in [-0.39, 0.29) is 29.2 Å². The van der Waals surface area contributed by atoms with Gasteiger partial charge in [0.05, 0.1) is 22.6 Å². The van der Waals surface area contributed by atoms with Crippen LogP contribution in [0.2, 0.25) is 0 Å². The fourth-order valence-corrected chi connectivity index (χ4v) is 1.91. The first-order valence-corrected chi connectivity index (χ1v) is 5.81. The molecular formula is C11H14N4O4. The Hall–Kier alpha value is -2.22. The van der Waals surface area contributed by atoms with E-state index in [1.807, 2.05) is 6.92 Å². The minimum absolute atomic E-state index is 0.00769. The number of carbonyl (C=O) groups is 1. The first kappa shape index (κ1) is 13.2. The highest BCUT2D eigenvalue weighted by atomic mass is 16.6. The molecule has 0 aromatic carbocycles. The topological polar surface area (TPSA) is 120 Å². The summed E-state index contributed by atoms with van der Waals surface area (Å²) in [5.41, 5.74) is 5.31. The lowest BCUT2D eigenvalue weighted by molar-refractivity contribution is -0.385. The molecular weight excluding hydrogens is 252 g/mol. The lowest BCUT2D eigenvalue weighted by atomic mass is 10.1. The summed E-state index contributed by atoms with van der Waals surface area (Å²) in [5, 5.41) is 13.4. The van der Waals surface area contributed by atoms with Crippen molar-refractivity contribution in [3.05, 3.63) is 27.9 Å². The number of anilines is 1. The molecule has 0 aliphatic carbocycles. The number of pyridine rings is 1. The molecule has 1 aliphatic rings. The number of rotatable bonds is 3. The number of aromatic nitrogens is 1. The molecule has 1 amide bonds. The van der Waals surface area contributed by atoms with Crippen LogP contribution in [0.5, 0.6) is 0 Å². The van der Waals surface area contributed by atoms with E-state index in [9.17, 15) is 14.9 Å². The predicted molar refractivity (Wildman–Crippen MR) is 66.6 cm³/mol. The molecule has 0 spiro atoms. The van der Waals surface area contributed by atoms with Gasteiger partial charge < -0.3 is 15.8 Å². The Kier molecular flexibility index (Phi) is 3.61. The Balaban J connectivity index is 2.18. The Labute approximate surface area is 109 Å². The zero-order valence-corrected chi connectivity index (χ0v) is 10.3. The maximum absolute atomic E-state index is 12.0. The van der Waals surface area contributed by atoms with Crippen LogP contribution in [-0.2, 0) is 4.74 Å². The second-order valence-corrected chi connectivity index (χ2v) is 4.33. The molecule has 8 heteroatoms. The molecule has 1 fully saturated rings. The summed E-state index contributed by atoms with van der Waals surface area (Å²) in [6, 6.07) is 1.00. The average molecular weight is 266 g/mol. The minimum atomic E-state index is -0.621. The van der Waals surface area contributed by atoms with E-state index in [0.717, 1.165) is 12.3 Å². The van der Waals surface area contributed by atoms with Crippen molar-refractivity contribution in [1.29, 1.82) is 0 Å². The van der Waals surface area contributed by atoms with E-state index in [1.165, 1.54) is 0 Å². The summed E-state index contributed by atoms with van der Waals surface area (Å²) >= 11 is 0. The van der Waals surface area contributed by atoms with Crippen molar-refractivity contribution >= 4 is 17.4 Å². The predicted octanol–water partition coefficient (Wildman–Crippen LogP) is 0.479. The van der Waals surface area contributed by atoms with Crippen LogP contribution in [-0.4, -0.2) is 34.6 Å². The third-order valence-electron chi connectivity index (χ3n) is 3.05. The number of nitrogens with two attached hydrogens (primary N) is 1. The lowest BCUT2D eigenvalue weighted by Gasteiger charge is -2.16. The van der Waals surface area contributed by atoms with Gasteiger partial charge in [0, 0.05) is 12.7 Å². The zero-order chi connectivity index (χ0) is 14.0. The van der Waals surface area contributed by atoms with Crippen molar-refractivity contribution in [2.24, 2.45) is 0 Å². The molecule has 0 saturated carbocycles. The van der Waals surface area contributed by atoms with Gasteiger partial charge in [-0.2, -0.15) is 0 Å². The van der Waals surface area contributed by atoms with Gasteiger partial charge in [0.15, 0.2) is 0 Å². The van der Waals surface area contributed by atoms with Crippen molar-refractivity contribution < 1.29 is 14.5 Å². The Morgan fingerprint density at radius 1 is 1.68 bits per heavy atom. The number of nitrogens with one attached hydrogen (secondary N) is 1. The van der Waals surface area contributed by atoms with Crippen LogP contribution >= 0.6 is 0 Å². The molecule has 0 bridgehead atoms. The van der Waals surface area contributed by atoms with E-state index in [0.29, 0.717) is 13.0 Å². The minimum Gasteiger partial charge on any atom is -0.383 e. The highest BCUT2D eigenvalue weighted by molar-refractivity contribution is 5.99. The van der Waals surface area contributed by atoms with E-state index >= 15 is 0 Å². The van der Waals surface area contributed by atoms with Gasteiger partial charge in [0.2, 0.25) is 0 Å². The average Bonchev–Trinajstić information content (AvgIpc) is 2.75. The van der Waals surface area contributed by atoms with E-state index in [4.69, 9.17) is 10.5 Å². The van der Waals surface area contributed by atoms with Crippen molar-refractivity contribution in [3.8, 4) is 0 Å². The van der Waals surface area contributed by atoms with Crippen LogP contribution in [0, 0.1) is 10.1 Å². The van der Waals surface area contributed by atoms with Crippen LogP contribution in [0.3, 0.4) is 0 Å². The van der Waals surface area contributed by atoms with Crippen LogP contribution in [0.1, 0.15) is 23.7 Å². The summed E-state index contributed by atoms with van der Waals surface area (Å²) in [6.45, 7) is 2.43. The largest absolute Gasteiger partial charge is 0.383 e. The van der Waals surface area contributed by atoms with E-state index in [1.54, 1.807) is 0 Å². The fraction of sp³-hybridized carbons (Fsp3) is 0.455. The summed E-state index contributed by atoms with van der Waals surface area (Å²) in [7, 11) is 0. The molecule has 3 N–H and O–H groups in total. The fourth-order valence-electron chi connectivity index (χ4n) is 1.91. The maximum atomic E-state index is 12.0. The number of hydrogen-bond donors (Lipinski definition) is 2. The lowest BCUT2D eigenvalue weighted by Crippen LogP contribution is -2.39. The number of hydrogen-bond acceptors (Lipinski definition) is 6. The molecule has 2 atom stereocenters. The van der Waals surface area contributed by atoms with Crippen molar-refractivity contribution in [2.45, 2.75) is 25.5 Å². The monoisotopic (exact) mass is 266 g/mol. The molecule has 1 aromatic rings. The molecule has 19 heavy (non-hydrogen) atoms. The van der Waals surface area contributed by atoms with Crippen molar-refractivity contribution in [2.75, 3.05) is 12.3 Å². The summed E-state index contributed by atoms with van der Waals surface area (Å²) in [6.07, 6.45) is 1.64. The third-order valence-corrected chi connectivity index (χ3v) is 3.05. The second kappa shape index (κ2) is 5.19. The molecule has 8 nitrogen and oxygen atoms in total. The maximum Gasteiger partial charge on any atom is 0.288 e. The smallest absolute Gasteiger partial charge is 0.288 e. The SMILES string of the molecule is CC1OCCC1NC(=O)c1cc([N+](=O)[O-])cnc1N. The molecule has 1 aliphatic heterocycles. The number of carbonyl (C=O) groups excluding carboxylic acids is 1. The summed E-state index contributed by atoms with van der Waals surface area (Å²) in [5.74, 6) is -0.509. The van der Waals surface area contributed by atoms with Gasteiger partial charge in [-0.05, 0) is 13.3 Å².